The predicted molar refractivity (Wildman–Crippen MR) is 65.1 cm³/mol. The Morgan fingerprint density at radius 3 is 2.88 bits per heavy atom. The second kappa shape index (κ2) is 3.81. The van der Waals surface area contributed by atoms with Crippen molar-refractivity contribution in [2.24, 2.45) is 0 Å². The van der Waals surface area contributed by atoms with Crippen LogP contribution < -0.4 is 5.56 Å². The molecular weight excluding hydrogens is 286 g/mol. The molecule has 5 nitrogen and oxygen atoms in total. The van der Waals surface area contributed by atoms with E-state index in [-0.39, 0.29) is 5.56 Å². The summed E-state index contributed by atoms with van der Waals surface area (Å²) in [5.41, 5.74) is 0.594. The fraction of sp³-hybridized carbons (Fsp3) is 0. The van der Waals surface area contributed by atoms with Crippen LogP contribution in [0.15, 0.2) is 50.7 Å². The first-order valence-electron chi connectivity index (χ1n) is 4.83. The van der Waals surface area contributed by atoms with Crippen molar-refractivity contribution in [2.75, 3.05) is 0 Å². The van der Waals surface area contributed by atoms with Gasteiger partial charge in [0.2, 0.25) is 5.58 Å². The van der Waals surface area contributed by atoms with Crippen LogP contribution >= 0.6 is 15.9 Å². The number of nitrogens with zero attached hydrogens (tertiary/aromatic N) is 3. The smallest absolute Gasteiger partial charge is 0.315 e. The van der Waals surface area contributed by atoms with Crippen LogP contribution in [0.3, 0.4) is 0 Å². The molecule has 0 unspecified atom stereocenters. The lowest BCUT2D eigenvalue weighted by molar-refractivity contribution is 0.603. The Morgan fingerprint density at radius 2 is 2.12 bits per heavy atom. The fourth-order valence-electron chi connectivity index (χ4n) is 1.54. The molecule has 0 bridgehead atoms. The van der Waals surface area contributed by atoms with Crippen molar-refractivity contribution in [3.05, 3.63) is 51.8 Å². The number of hydrogen-bond acceptors (Lipinski definition) is 4. The molecule has 0 aliphatic rings. The van der Waals surface area contributed by atoms with Gasteiger partial charge >= 0.3 is 5.56 Å². The Hall–Kier alpha value is -1.95. The van der Waals surface area contributed by atoms with Crippen LogP contribution in [0.4, 0.5) is 0 Å². The third-order valence-corrected chi connectivity index (χ3v) is 2.82. The molecule has 0 spiro atoms. The number of furan rings is 1. The van der Waals surface area contributed by atoms with Crippen molar-refractivity contribution < 1.29 is 4.42 Å². The normalized spacial score (nSPS) is 10.9. The number of pyridine rings is 1. The van der Waals surface area contributed by atoms with E-state index in [0.717, 1.165) is 0 Å². The zero-order chi connectivity index (χ0) is 11.8. The molecule has 6 heteroatoms. The van der Waals surface area contributed by atoms with Gasteiger partial charge in [0.05, 0.1) is 24.3 Å². The summed E-state index contributed by atoms with van der Waals surface area (Å²) < 4.78 is 7.09. The maximum Gasteiger partial charge on any atom is 0.315 e. The summed E-state index contributed by atoms with van der Waals surface area (Å²) in [6, 6.07) is 5.20. The summed E-state index contributed by atoms with van der Waals surface area (Å²) in [6.07, 6.45) is 4.62. The van der Waals surface area contributed by atoms with Crippen LogP contribution in [-0.4, -0.2) is 14.8 Å². The predicted octanol–water partition coefficient (Wildman–Crippen LogP) is 2.14. The second-order valence-electron chi connectivity index (χ2n) is 3.41. The molecule has 0 N–H and O–H groups in total. The van der Waals surface area contributed by atoms with Crippen LogP contribution in [-0.2, 0) is 0 Å². The Labute approximate surface area is 104 Å². The van der Waals surface area contributed by atoms with Crippen LogP contribution in [0.1, 0.15) is 0 Å². The highest BCUT2D eigenvalue weighted by molar-refractivity contribution is 9.10. The number of rotatable bonds is 1. The number of fused-ring (bicyclic) bond motifs is 1. The SMILES string of the molecule is O=c1c2occc2cnn1-c1ccc(Br)nc1. The first-order valence-corrected chi connectivity index (χ1v) is 5.62. The standard InChI is InChI=1S/C11H6BrN3O2/c12-9-2-1-8(6-13-9)15-11(16)10-7(5-14-15)3-4-17-10/h1-6H. The fourth-order valence-corrected chi connectivity index (χ4v) is 1.77. The van der Waals surface area contributed by atoms with Gasteiger partial charge in [0, 0.05) is 5.39 Å². The average Bonchev–Trinajstić information content (AvgIpc) is 2.80. The minimum Gasteiger partial charge on any atom is -0.458 e. The first kappa shape index (κ1) is 10.2. The summed E-state index contributed by atoms with van der Waals surface area (Å²) in [7, 11) is 0. The van der Waals surface area contributed by atoms with Gasteiger partial charge in [-0.25, -0.2) is 4.98 Å². The molecule has 17 heavy (non-hydrogen) atoms. The van der Waals surface area contributed by atoms with Crippen molar-refractivity contribution in [2.45, 2.75) is 0 Å². The lowest BCUT2D eigenvalue weighted by Gasteiger charge is -2.02. The monoisotopic (exact) mass is 291 g/mol. The van der Waals surface area contributed by atoms with Gasteiger partial charge < -0.3 is 4.42 Å². The molecule has 0 saturated heterocycles. The third-order valence-electron chi connectivity index (χ3n) is 2.35. The minimum absolute atomic E-state index is 0.294. The van der Waals surface area contributed by atoms with E-state index in [0.29, 0.717) is 21.3 Å². The van der Waals surface area contributed by atoms with Crippen molar-refractivity contribution in [1.82, 2.24) is 14.8 Å². The molecule has 3 aromatic heterocycles. The van der Waals surface area contributed by atoms with Gasteiger partial charge in [-0.15, -0.1) is 0 Å². The third kappa shape index (κ3) is 1.66. The average molecular weight is 292 g/mol. The molecule has 3 rings (SSSR count). The van der Waals surface area contributed by atoms with Gasteiger partial charge in [0.15, 0.2) is 0 Å². The Bertz CT molecular complexity index is 730. The highest BCUT2D eigenvalue weighted by atomic mass is 79.9. The van der Waals surface area contributed by atoms with Crippen molar-refractivity contribution >= 4 is 26.9 Å². The molecule has 0 aliphatic carbocycles. The molecule has 3 aromatic rings. The molecule has 0 radical (unpaired) electrons. The summed E-state index contributed by atoms with van der Waals surface area (Å²) in [5, 5.41) is 4.76. The highest BCUT2D eigenvalue weighted by Crippen LogP contribution is 2.12. The van der Waals surface area contributed by atoms with Crippen LogP contribution in [0.2, 0.25) is 0 Å². The number of halogens is 1. The first-order chi connectivity index (χ1) is 8.25. The molecule has 3 heterocycles. The Morgan fingerprint density at radius 1 is 1.24 bits per heavy atom. The van der Waals surface area contributed by atoms with Crippen LogP contribution in [0.25, 0.3) is 16.7 Å². The van der Waals surface area contributed by atoms with Crippen LogP contribution in [0.5, 0.6) is 0 Å². The molecule has 0 atom stereocenters. The molecule has 0 aromatic carbocycles. The zero-order valence-corrected chi connectivity index (χ0v) is 10.1. The van der Waals surface area contributed by atoms with E-state index in [9.17, 15) is 4.79 Å². The quantitative estimate of drug-likeness (QED) is 0.645. The van der Waals surface area contributed by atoms with Gasteiger partial charge in [-0.05, 0) is 34.1 Å². The maximum atomic E-state index is 12.0. The van der Waals surface area contributed by atoms with Gasteiger partial charge in [-0.1, -0.05) is 0 Å². The Kier molecular flexibility index (Phi) is 2.29. The zero-order valence-electron chi connectivity index (χ0n) is 8.50. The van der Waals surface area contributed by atoms with E-state index < -0.39 is 0 Å². The molecule has 0 amide bonds. The molecule has 0 saturated carbocycles. The lowest BCUT2D eigenvalue weighted by Crippen LogP contribution is -2.20. The second-order valence-corrected chi connectivity index (χ2v) is 4.22. The topological polar surface area (TPSA) is 60.9 Å². The molecule has 0 aliphatic heterocycles. The van der Waals surface area contributed by atoms with Gasteiger partial charge in [0.1, 0.15) is 4.60 Å². The van der Waals surface area contributed by atoms with Crippen molar-refractivity contribution in [1.29, 1.82) is 0 Å². The van der Waals surface area contributed by atoms with Gasteiger partial charge in [-0.3, -0.25) is 4.79 Å². The lowest BCUT2D eigenvalue weighted by atomic mass is 10.3. The summed E-state index contributed by atoms with van der Waals surface area (Å²) >= 11 is 3.23. The number of aromatic nitrogens is 3. The highest BCUT2D eigenvalue weighted by Gasteiger charge is 2.08. The van der Waals surface area contributed by atoms with E-state index in [1.54, 1.807) is 30.6 Å². The maximum absolute atomic E-state index is 12.0. The largest absolute Gasteiger partial charge is 0.458 e. The summed E-state index contributed by atoms with van der Waals surface area (Å²) in [5.74, 6) is 0. The number of hydrogen-bond donors (Lipinski definition) is 0. The summed E-state index contributed by atoms with van der Waals surface area (Å²) in [4.78, 5) is 16.1. The van der Waals surface area contributed by atoms with Gasteiger partial charge in [0.25, 0.3) is 0 Å². The van der Waals surface area contributed by atoms with E-state index in [2.05, 4.69) is 26.0 Å². The molecule has 0 fully saturated rings. The Balaban J connectivity index is 2.27. The molecule has 84 valence electrons. The summed E-state index contributed by atoms with van der Waals surface area (Å²) in [6.45, 7) is 0. The van der Waals surface area contributed by atoms with Crippen LogP contribution in [0, 0.1) is 0 Å². The van der Waals surface area contributed by atoms with Crippen molar-refractivity contribution in [3.8, 4) is 5.69 Å². The van der Waals surface area contributed by atoms with E-state index in [1.165, 1.54) is 10.9 Å². The van der Waals surface area contributed by atoms with Crippen molar-refractivity contribution in [3.63, 3.8) is 0 Å². The van der Waals surface area contributed by atoms with E-state index in [4.69, 9.17) is 4.42 Å². The van der Waals surface area contributed by atoms with Gasteiger partial charge in [-0.2, -0.15) is 9.78 Å². The minimum atomic E-state index is -0.295. The van der Waals surface area contributed by atoms with E-state index in [1.807, 2.05) is 0 Å². The van der Waals surface area contributed by atoms with E-state index >= 15 is 0 Å². The molecular formula is C11H6BrN3O2.